The van der Waals surface area contributed by atoms with Crippen molar-refractivity contribution < 1.29 is 19.1 Å². The molecule has 0 spiro atoms. The predicted octanol–water partition coefficient (Wildman–Crippen LogP) is -1.39. The van der Waals surface area contributed by atoms with Crippen molar-refractivity contribution in [3.63, 3.8) is 0 Å². The molecule has 0 radical (unpaired) electrons. The predicted molar refractivity (Wildman–Crippen MR) is 84.3 cm³/mol. The van der Waals surface area contributed by atoms with E-state index in [4.69, 9.17) is 0 Å². The van der Waals surface area contributed by atoms with Gasteiger partial charge in [-0.2, -0.15) is 0 Å². The molecule has 0 saturated carbocycles. The number of aliphatic hydroxyl groups is 1. The fourth-order valence-electron chi connectivity index (χ4n) is 1.92. The number of aliphatic hydroxyl groups excluding tert-OH is 1. The smallest absolute Gasteiger partial charge is 0.325 e. The quantitative estimate of drug-likeness (QED) is 0.436. The molecule has 1 aromatic carbocycles. The summed E-state index contributed by atoms with van der Waals surface area (Å²) in [6, 6.07) is 4.10. The van der Waals surface area contributed by atoms with Gasteiger partial charge in [-0.05, 0) is 17.7 Å². The summed E-state index contributed by atoms with van der Waals surface area (Å²) in [5.74, 6) is -2.05. The molecule has 0 fully saturated rings. The molecule has 0 saturated heterocycles. The monoisotopic (exact) mass is 350 g/mol. The summed E-state index contributed by atoms with van der Waals surface area (Å²) >= 11 is 0. The molecule has 25 heavy (non-hydrogen) atoms. The van der Waals surface area contributed by atoms with Crippen molar-refractivity contribution in [3.8, 4) is 0 Å². The van der Waals surface area contributed by atoms with E-state index in [1.807, 2.05) is 4.98 Å². The summed E-state index contributed by atoms with van der Waals surface area (Å²) in [5, 5.41) is 13.9. The normalized spacial score (nSPS) is 11.6. The maximum absolute atomic E-state index is 12.8. The lowest BCUT2D eigenvalue weighted by Gasteiger charge is -2.16. The fourth-order valence-corrected chi connectivity index (χ4v) is 1.92. The molecule has 1 aromatic heterocycles. The number of halogens is 1. The van der Waals surface area contributed by atoms with Gasteiger partial charge in [-0.25, -0.2) is 9.18 Å². The Balaban J connectivity index is 1.99. The van der Waals surface area contributed by atoms with E-state index in [9.17, 15) is 28.7 Å². The number of nitrogens with one attached hydrogen (secondary N) is 4. The standard InChI is InChI=1S/C15H15FN4O5/c16-9-3-1-8(2-4-9)5-17-14(24)11(7-21)19-12(22)10-6-18-15(25)20-13(10)23/h1-4,6,11,21H,5,7H2,(H,17,24)(H,19,22)(H2,18,20,23,25)/t11-/m0/s1. The Bertz CT molecular complexity index is 874. The number of aromatic nitrogens is 2. The lowest BCUT2D eigenvalue weighted by atomic mass is 10.2. The summed E-state index contributed by atoms with van der Waals surface area (Å²) in [6.45, 7) is -0.646. The van der Waals surface area contributed by atoms with Gasteiger partial charge in [-0.3, -0.25) is 19.4 Å². The van der Waals surface area contributed by atoms with Crippen molar-refractivity contribution in [2.24, 2.45) is 0 Å². The number of rotatable bonds is 6. The van der Waals surface area contributed by atoms with Gasteiger partial charge in [0.15, 0.2) is 0 Å². The first kappa shape index (κ1) is 18.1. The largest absolute Gasteiger partial charge is 0.394 e. The van der Waals surface area contributed by atoms with Gasteiger partial charge in [-0.15, -0.1) is 0 Å². The minimum Gasteiger partial charge on any atom is -0.394 e. The first-order valence-electron chi connectivity index (χ1n) is 7.16. The zero-order valence-corrected chi connectivity index (χ0v) is 12.8. The van der Waals surface area contributed by atoms with E-state index < -0.39 is 47.1 Å². The van der Waals surface area contributed by atoms with Crippen LogP contribution in [0.15, 0.2) is 40.1 Å². The van der Waals surface area contributed by atoms with Crippen molar-refractivity contribution in [2.75, 3.05) is 6.61 Å². The van der Waals surface area contributed by atoms with E-state index in [0.29, 0.717) is 5.56 Å². The van der Waals surface area contributed by atoms with E-state index in [-0.39, 0.29) is 6.54 Å². The number of amides is 2. The first-order valence-corrected chi connectivity index (χ1v) is 7.16. The molecule has 0 unspecified atom stereocenters. The van der Waals surface area contributed by atoms with Crippen molar-refractivity contribution in [1.82, 2.24) is 20.6 Å². The molecule has 0 aliphatic heterocycles. The minimum atomic E-state index is -1.31. The SMILES string of the molecule is O=C(N[C@@H](CO)C(=O)NCc1ccc(F)cc1)c1c[nH]c(=O)[nH]c1=O. The van der Waals surface area contributed by atoms with Crippen LogP contribution in [0, 0.1) is 5.82 Å². The highest BCUT2D eigenvalue weighted by atomic mass is 19.1. The summed E-state index contributed by atoms with van der Waals surface area (Å²) in [7, 11) is 0. The Morgan fingerprint density at radius 3 is 2.48 bits per heavy atom. The van der Waals surface area contributed by atoms with Crippen LogP contribution in [0.4, 0.5) is 4.39 Å². The molecule has 9 nitrogen and oxygen atoms in total. The van der Waals surface area contributed by atoms with Crippen LogP contribution in [-0.4, -0.2) is 39.5 Å². The minimum absolute atomic E-state index is 0.0602. The maximum Gasteiger partial charge on any atom is 0.325 e. The highest BCUT2D eigenvalue weighted by Crippen LogP contribution is 2.02. The average Bonchev–Trinajstić information content (AvgIpc) is 2.58. The number of hydrogen-bond donors (Lipinski definition) is 5. The number of benzene rings is 1. The van der Waals surface area contributed by atoms with E-state index >= 15 is 0 Å². The molecule has 1 atom stereocenters. The highest BCUT2D eigenvalue weighted by molar-refractivity contribution is 5.97. The number of hydrogen-bond acceptors (Lipinski definition) is 5. The zero-order valence-electron chi connectivity index (χ0n) is 12.8. The van der Waals surface area contributed by atoms with Crippen molar-refractivity contribution in [1.29, 1.82) is 0 Å². The number of H-pyrrole nitrogens is 2. The molecule has 2 rings (SSSR count). The fraction of sp³-hybridized carbons (Fsp3) is 0.200. The lowest BCUT2D eigenvalue weighted by molar-refractivity contribution is -0.124. The van der Waals surface area contributed by atoms with E-state index in [2.05, 4.69) is 15.6 Å². The van der Waals surface area contributed by atoms with Crippen LogP contribution in [-0.2, 0) is 11.3 Å². The van der Waals surface area contributed by atoms with Crippen LogP contribution in [0.5, 0.6) is 0 Å². The summed E-state index contributed by atoms with van der Waals surface area (Å²) in [6.07, 6.45) is 0.904. The van der Waals surface area contributed by atoms with E-state index in [0.717, 1.165) is 6.20 Å². The zero-order chi connectivity index (χ0) is 18.4. The second kappa shape index (κ2) is 8.02. The number of carbonyl (C=O) groups excluding carboxylic acids is 2. The van der Waals surface area contributed by atoms with Crippen LogP contribution in [0.2, 0.25) is 0 Å². The molecule has 0 aliphatic carbocycles. The van der Waals surface area contributed by atoms with E-state index in [1.165, 1.54) is 24.3 Å². The summed E-state index contributed by atoms with van der Waals surface area (Å²) in [4.78, 5) is 50.4. The lowest BCUT2D eigenvalue weighted by Crippen LogP contribution is -2.49. The van der Waals surface area contributed by atoms with Crippen molar-refractivity contribution >= 4 is 11.8 Å². The molecule has 10 heteroatoms. The second-order valence-corrected chi connectivity index (χ2v) is 5.04. The van der Waals surface area contributed by atoms with Crippen molar-refractivity contribution in [2.45, 2.75) is 12.6 Å². The number of aromatic amines is 2. The van der Waals surface area contributed by atoms with Crippen LogP contribution in [0.1, 0.15) is 15.9 Å². The van der Waals surface area contributed by atoms with Crippen LogP contribution in [0.25, 0.3) is 0 Å². The summed E-state index contributed by atoms with van der Waals surface area (Å²) in [5.41, 5.74) is -1.50. The second-order valence-electron chi connectivity index (χ2n) is 5.04. The number of carbonyl (C=O) groups is 2. The van der Waals surface area contributed by atoms with Crippen LogP contribution >= 0.6 is 0 Å². The Kier molecular flexibility index (Phi) is 5.79. The van der Waals surface area contributed by atoms with Gasteiger partial charge in [0.2, 0.25) is 5.91 Å². The topological polar surface area (TPSA) is 144 Å². The molecule has 5 N–H and O–H groups in total. The maximum atomic E-state index is 12.8. The molecule has 2 aromatic rings. The van der Waals surface area contributed by atoms with Gasteiger partial charge in [0.1, 0.15) is 17.4 Å². The molecule has 132 valence electrons. The van der Waals surface area contributed by atoms with Crippen molar-refractivity contribution in [3.05, 3.63) is 68.2 Å². The van der Waals surface area contributed by atoms with Gasteiger partial charge < -0.3 is 20.7 Å². The molecule has 0 aliphatic rings. The van der Waals surface area contributed by atoms with Crippen LogP contribution in [0.3, 0.4) is 0 Å². The Hall–Kier alpha value is -3.27. The Morgan fingerprint density at radius 2 is 1.88 bits per heavy atom. The Labute approximate surface area is 139 Å². The van der Waals surface area contributed by atoms with Gasteiger partial charge in [-0.1, -0.05) is 12.1 Å². The van der Waals surface area contributed by atoms with Gasteiger partial charge in [0, 0.05) is 12.7 Å². The third-order valence-corrected chi connectivity index (χ3v) is 3.25. The molecular formula is C15H15FN4O5. The molecule has 2 amide bonds. The van der Waals surface area contributed by atoms with Gasteiger partial charge in [0.05, 0.1) is 6.61 Å². The third-order valence-electron chi connectivity index (χ3n) is 3.25. The van der Waals surface area contributed by atoms with E-state index in [1.54, 1.807) is 0 Å². The molecule has 1 heterocycles. The molecule has 0 bridgehead atoms. The first-order chi connectivity index (χ1) is 11.9. The summed E-state index contributed by atoms with van der Waals surface area (Å²) < 4.78 is 12.8. The average molecular weight is 350 g/mol. The van der Waals surface area contributed by atoms with Crippen LogP contribution < -0.4 is 21.9 Å². The van der Waals surface area contributed by atoms with Gasteiger partial charge >= 0.3 is 5.69 Å². The Morgan fingerprint density at radius 1 is 1.20 bits per heavy atom. The molecular weight excluding hydrogens is 335 g/mol. The highest BCUT2D eigenvalue weighted by Gasteiger charge is 2.22. The third kappa shape index (κ3) is 4.85. The van der Waals surface area contributed by atoms with Gasteiger partial charge in [0.25, 0.3) is 11.5 Å².